The number of hydrogen-bond donors (Lipinski definition) is 1. The zero-order valence-corrected chi connectivity index (χ0v) is 19.7. The predicted octanol–water partition coefficient (Wildman–Crippen LogP) is 1.66. The van der Waals surface area contributed by atoms with Crippen LogP contribution in [0.1, 0.15) is 85.4 Å². The first-order valence-corrected chi connectivity index (χ1v) is 11.2. The third-order valence-corrected chi connectivity index (χ3v) is 4.44. The fourth-order valence-corrected chi connectivity index (χ4v) is 2.84. The van der Waals surface area contributed by atoms with Crippen LogP contribution >= 0.6 is 0 Å². The molecule has 0 aromatic carbocycles. The van der Waals surface area contributed by atoms with Gasteiger partial charge in [0.05, 0.1) is 26.4 Å². The van der Waals surface area contributed by atoms with Gasteiger partial charge in [0.1, 0.15) is 0 Å². The first-order chi connectivity index (χ1) is 12.1. The second kappa shape index (κ2) is 22.1. The van der Waals surface area contributed by atoms with Crippen molar-refractivity contribution in [1.82, 2.24) is 0 Å². The molecule has 0 rings (SSSR count). The minimum atomic E-state index is -4.36. The number of unbranched alkanes of at least 4 members (excludes halogenated alkanes) is 11. The van der Waals surface area contributed by atoms with Gasteiger partial charge in [-0.25, -0.2) is 4.18 Å². The summed E-state index contributed by atoms with van der Waals surface area (Å²) in [6, 6.07) is 0. The molecule has 0 radical (unpaired) electrons. The van der Waals surface area contributed by atoms with Crippen molar-refractivity contribution >= 4 is 10.4 Å². The molecule has 0 amide bonds. The van der Waals surface area contributed by atoms with Crippen LogP contribution < -0.4 is 29.6 Å². The van der Waals surface area contributed by atoms with E-state index in [9.17, 15) is 8.42 Å². The normalized spacial score (nSPS) is 11.5. The van der Waals surface area contributed by atoms with E-state index in [1.807, 2.05) is 0 Å². The third kappa shape index (κ3) is 27.0. The van der Waals surface area contributed by atoms with Crippen molar-refractivity contribution < 1.29 is 57.6 Å². The Bertz CT molecular complexity index is 371. The van der Waals surface area contributed by atoms with Crippen LogP contribution in [0.25, 0.3) is 0 Å². The maximum Gasteiger partial charge on any atom is 1.00 e. The summed E-state index contributed by atoms with van der Waals surface area (Å²) >= 11 is 0. The molecule has 154 valence electrons. The maximum atomic E-state index is 10.3. The molecule has 1 N–H and O–H groups in total. The van der Waals surface area contributed by atoms with Gasteiger partial charge in [0.2, 0.25) is 0 Å². The summed E-state index contributed by atoms with van der Waals surface area (Å²) in [5.41, 5.74) is 0. The molecule has 0 saturated carbocycles. The summed E-state index contributed by atoms with van der Waals surface area (Å²) in [6.45, 7) is 3.81. The Kier molecular flexibility index (Phi) is 24.6. The molecule has 0 aromatic heterocycles. The molecule has 0 atom stereocenters. The van der Waals surface area contributed by atoms with Crippen LogP contribution in [0, 0.1) is 0 Å². The fourth-order valence-electron chi connectivity index (χ4n) is 2.57. The van der Waals surface area contributed by atoms with Gasteiger partial charge in [0.15, 0.2) is 0 Å². The molecule has 0 aliphatic rings. The summed E-state index contributed by atoms with van der Waals surface area (Å²) in [5, 5.41) is 0. The average molecular weight is 407 g/mol. The van der Waals surface area contributed by atoms with Crippen LogP contribution in [0.15, 0.2) is 0 Å². The Morgan fingerprint density at radius 1 is 0.654 bits per heavy atom. The standard InChI is InChI=1S/C18H38O6S.Na.H/c1-2-3-4-5-6-7-8-9-10-11-12-13-14-22-15-16-23-17-18-24-25(19,20)21;;/h2-18H2,1H3,(H,19,20,21);;/q;+1;-1. The van der Waals surface area contributed by atoms with Crippen molar-refractivity contribution in [2.24, 2.45) is 0 Å². The number of rotatable bonds is 20. The molecule has 8 heteroatoms. The second-order valence-electron chi connectivity index (χ2n) is 6.36. The quantitative estimate of drug-likeness (QED) is 0.188. The van der Waals surface area contributed by atoms with Gasteiger partial charge in [-0.2, -0.15) is 8.42 Å². The van der Waals surface area contributed by atoms with Gasteiger partial charge < -0.3 is 10.9 Å². The van der Waals surface area contributed by atoms with Crippen LogP contribution in [0.5, 0.6) is 0 Å². The Morgan fingerprint density at radius 2 is 1.04 bits per heavy atom. The van der Waals surface area contributed by atoms with Gasteiger partial charge in [-0.15, -0.1) is 0 Å². The van der Waals surface area contributed by atoms with Crippen molar-refractivity contribution in [3.8, 4) is 0 Å². The molecule has 0 bridgehead atoms. The molecule has 6 nitrogen and oxygen atoms in total. The van der Waals surface area contributed by atoms with Crippen molar-refractivity contribution in [1.29, 1.82) is 0 Å². The van der Waals surface area contributed by atoms with E-state index < -0.39 is 10.4 Å². The summed E-state index contributed by atoms with van der Waals surface area (Å²) in [6.07, 6.45) is 15.9. The first kappa shape index (κ1) is 29.0. The average Bonchev–Trinajstić information content (AvgIpc) is 2.56. The summed E-state index contributed by atoms with van der Waals surface area (Å²) in [7, 11) is -4.36. The van der Waals surface area contributed by atoms with Crippen LogP contribution in [0.2, 0.25) is 0 Å². The zero-order chi connectivity index (χ0) is 18.6. The number of hydrogen-bond acceptors (Lipinski definition) is 5. The number of ether oxygens (including phenoxy) is 2. The van der Waals surface area contributed by atoms with Crippen LogP contribution in [0.4, 0.5) is 0 Å². The van der Waals surface area contributed by atoms with E-state index in [4.69, 9.17) is 14.0 Å². The summed E-state index contributed by atoms with van der Waals surface area (Å²) in [5.74, 6) is 0. The van der Waals surface area contributed by atoms with Crippen molar-refractivity contribution in [3.63, 3.8) is 0 Å². The molecule has 0 heterocycles. The van der Waals surface area contributed by atoms with E-state index in [0.717, 1.165) is 13.0 Å². The van der Waals surface area contributed by atoms with Crippen LogP contribution in [-0.4, -0.2) is 46.0 Å². The largest absolute Gasteiger partial charge is 1.00 e. The van der Waals surface area contributed by atoms with E-state index in [2.05, 4.69) is 11.1 Å². The topological polar surface area (TPSA) is 82.1 Å². The molecule has 0 aromatic rings. The Labute approximate surface area is 184 Å². The van der Waals surface area contributed by atoms with Gasteiger partial charge in [-0.1, -0.05) is 77.6 Å². The van der Waals surface area contributed by atoms with Crippen molar-refractivity contribution in [2.75, 3.05) is 33.0 Å². The fraction of sp³-hybridized carbons (Fsp3) is 1.00. The van der Waals surface area contributed by atoms with Gasteiger partial charge >= 0.3 is 40.0 Å². The van der Waals surface area contributed by atoms with Crippen molar-refractivity contribution in [3.05, 3.63) is 0 Å². The van der Waals surface area contributed by atoms with Crippen molar-refractivity contribution in [2.45, 2.75) is 84.0 Å². The summed E-state index contributed by atoms with van der Waals surface area (Å²) in [4.78, 5) is 0. The SMILES string of the molecule is CCCCCCCCCCCCCCOCCOCCOS(=O)(=O)O.[H-].[Na+]. The smallest absolute Gasteiger partial charge is 1.00 e. The molecule has 0 unspecified atom stereocenters. The second-order valence-corrected chi connectivity index (χ2v) is 7.45. The van der Waals surface area contributed by atoms with E-state index in [1.54, 1.807) is 0 Å². The Balaban J connectivity index is -0.00000288. The maximum absolute atomic E-state index is 10.3. The van der Waals surface area contributed by atoms with Gasteiger partial charge in [-0.3, -0.25) is 4.55 Å². The van der Waals surface area contributed by atoms with E-state index >= 15 is 0 Å². The van der Waals surface area contributed by atoms with Gasteiger partial charge in [-0.05, 0) is 6.42 Å². The van der Waals surface area contributed by atoms with Gasteiger partial charge in [0, 0.05) is 6.61 Å². The molecule has 26 heavy (non-hydrogen) atoms. The minimum Gasteiger partial charge on any atom is -1.00 e. The molecule has 0 aliphatic heterocycles. The first-order valence-electron chi connectivity index (χ1n) is 9.83. The van der Waals surface area contributed by atoms with E-state index in [-0.39, 0.29) is 44.2 Å². The van der Waals surface area contributed by atoms with E-state index in [0.29, 0.717) is 13.2 Å². The van der Waals surface area contributed by atoms with E-state index in [1.165, 1.54) is 70.6 Å². The molecule has 0 aliphatic carbocycles. The summed E-state index contributed by atoms with van der Waals surface area (Å²) < 4.78 is 43.5. The Hall–Kier alpha value is 0.790. The predicted molar refractivity (Wildman–Crippen MR) is 101 cm³/mol. The third-order valence-electron chi connectivity index (χ3n) is 3.97. The molecular weight excluding hydrogens is 367 g/mol. The molecule has 0 saturated heterocycles. The van der Waals surface area contributed by atoms with Crippen LogP contribution in [0.3, 0.4) is 0 Å². The van der Waals surface area contributed by atoms with Crippen LogP contribution in [-0.2, 0) is 24.1 Å². The molecule has 0 fully saturated rings. The Morgan fingerprint density at radius 3 is 1.50 bits per heavy atom. The zero-order valence-electron chi connectivity index (χ0n) is 17.9. The van der Waals surface area contributed by atoms with Gasteiger partial charge in [0.25, 0.3) is 0 Å². The monoisotopic (exact) mass is 406 g/mol. The molecular formula is C18H39NaO6S. The minimum absolute atomic E-state index is 0. The molecule has 0 spiro atoms.